The highest BCUT2D eigenvalue weighted by atomic mass is 16.5. The van der Waals surface area contributed by atoms with Crippen LogP contribution in [0.15, 0.2) is 12.1 Å². The van der Waals surface area contributed by atoms with Crippen molar-refractivity contribution >= 4 is 5.97 Å². The molecule has 4 heteroatoms. The third-order valence-corrected chi connectivity index (χ3v) is 4.87. The Kier molecular flexibility index (Phi) is 7.10. The number of hydrogen-bond donors (Lipinski definition) is 2. The van der Waals surface area contributed by atoms with Crippen molar-refractivity contribution in [1.29, 1.82) is 0 Å². The molecule has 0 unspecified atom stereocenters. The zero-order chi connectivity index (χ0) is 17.5. The molecule has 0 saturated heterocycles. The van der Waals surface area contributed by atoms with E-state index in [4.69, 9.17) is 15.6 Å². The zero-order valence-electron chi connectivity index (χ0n) is 15.0. The van der Waals surface area contributed by atoms with Gasteiger partial charge in [-0.1, -0.05) is 32.3 Å². The van der Waals surface area contributed by atoms with Crippen molar-refractivity contribution in [3.05, 3.63) is 28.8 Å². The van der Waals surface area contributed by atoms with Crippen molar-refractivity contribution < 1.29 is 14.6 Å². The molecule has 1 aromatic rings. The average Bonchev–Trinajstić information content (AvgIpc) is 3.13. The van der Waals surface area contributed by atoms with E-state index in [-0.39, 0.29) is 12.3 Å². The number of ether oxygens (including phenoxy) is 1. The van der Waals surface area contributed by atoms with Gasteiger partial charge in [-0.25, -0.2) is 0 Å². The average molecular weight is 333 g/mol. The van der Waals surface area contributed by atoms with E-state index >= 15 is 0 Å². The Morgan fingerprint density at radius 1 is 1.38 bits per heavy atom. The van der Waals surface area contributed by atoms with Crippen LogP contribution < -0.4 is 10.5 Å². The van der Waals surface area contributed by atoms with Gasteiger partial charge in [-0.2, -0.15) is 0 Å². The molecule has 4 nitrogen and oxygen atoms in total. The monoisotopic (exact) mass is 333 g/mol. The van der Waals surface area contributed by atoms with Crippen LogP contribution in [0.25, 0.3) is 0 Å². The molecule has 0 radical (unpaired) electrons. The maximum absolute atomic E-state index is 10.8. The van der Waals surface area contributed by atoms with E-state index in [1.165, 1.54) is 42.4 Å². The summed E-state index contributed by atoms with van der Waals surface area (Å²) in [4.78, 5) is 10.8. The third-order valence-electron chi connectivity index (χ3n) is 4.87. The van der Waals surface area contributed by atoms with E-state index < -0.39 is 5.97 Å². The van der Waals surface area contributed by atoms with Gasteiger partial charge in [0.05, 0.1) is 13.0 Å². The summed E-state index contributed by atoms with van der Waals surface area (Å²) in [6.07, 6.45) is 8.30. The Bertz CT molecular complexity index is 554. The van der Waals surface area contributed by atoms with Crippen LogP contribution in [0.5, 0.6) is 5.75 Å². The number of nitrogens with two attached hydrogens (primary N) is 1. The second-order valence-corrected chi connectivity index (χ2v) is 7.02. The number of fused-ring (bicyclic) bond motifs is 3. The van der Waals surface area contributed by atoms with E-state index in [1.54, 1.807) is 0 Å². The van der Waals surface area contributed by atoms with Gasteiger partial charge in [0.1, 0.15) is 5.75 Å². The van der Waals surface area contributed by atoms with E-state index in [2.05, 4.69) is 19.9 Å². The second-order valence-electron chi connectivity index (χ2n) is 7.02. The van der Waals surface area contributed by atoms with Crippen molar-refractivity contribution in [3.8, 4) is 5.75 Å². The highest BCUT2D eigenvalue weighted by Gasteiger charge is 2.30. The quantitative estimate of drug-likeness (QED) is 0.771. The smallest absolute Gasteiger partial charge is 0.303 e. The maximum Gasteiger partial charge on any atom is 0.303 e. The standard InChI is InChI=1S/C13H14O3.C7H17N/c14-12(15)7-9-2-1-8-3-4-11-10(13(8)9)5-6-16-11;1-3-4-5-6-7(2)8/h3-4,9H,1-2,5-7H2,(H,14,15);7H,3-6,8H2,1-2H3/t9-;7-/m01/s1. The molecule has 0 fully saturated rings. The Labute approximate surface area is 145 Å². The number of carboxylic acids is 1. The number of carbonyl (C=O) groups is 1. The van der Waals surface area contributed by atoms with Gasteiger partial charge < -0.3 is 15.6 Å². The largest absolute Gasteiger partial charge is 0.493 e. The Hall–Kier alpha value is -1.55. The number of aliphatic carboxylic acids is 1. The molecule has 0 saturated carbocycles. The van der Waals surface area contributed by atoms with E-state index in [1.807, 2.05) is 6.07 Å². The number of unbranched alkanes of at least 4 members (excludes halogenated alkanes) is 2. The number of rotatable bonds is 6. The van der Waals surface area contributed by atoms with Crippen molar-refractivity contribution in [1.82, 2.24) is 0 Å². The molecular formula is C20H31NO3. The van der Waals surface area contributed by atoms with Crippen molar-refractivity contribution in [2.45, 2.75) is 77.2 Å². The van der Waals surface area contributed by atoms with Crippen LogP contribution in [0.1, 0.15) is 75.0 Å². The lowest BCUT2D eigenvalue weighted by Crippen LogP contribution is -2.13. The first kappa shape index (κ1) is 18.8. The molecule has 3 rings (SSSR count). The van der Waals surface area contributed by atoms with Crippen LogP contribution in [-0.2, 0) is 17.6 Å². The van der Waals surface area contributed by atoms with Crippen LogP contribution in [0.2, 0.25) is 0 Å². The van der Waals surface area contributed by atoms with Crippen LogP contribution in [0.4, 0.5) is 0 Å². The molecule has 2 aliphatic rings. The van der Waals surface area contributed by atoms with Gasteiger partial charge in [-0.15, -0.1) is 0 Å². The summed E-state index contributed by atoms with van der Waals surface area (Å²) in [5.74, 6) is 0.467. The fraction of sp³-hybridized carbons (Fsp3) is 0.650. The van der Waals surface area contributed by atoms with E-state index in [9.17, 15) is 4.79 Å². The highest BCUT2D eigenvalue weighted by molar-refractivity contribution is 5.69. The van der Waals surface area contributed by atoms with Gasteiger partial charge in [0.15, 0.2) is 0 Å². The molecule has 134 valence electrons. The molecule has 0 amide bonds. The molecule has 1 aliphatic heterocycles. The summed E-state index contributed by atoms with van der Waals surface area (Å²) in [6, 6.07) is 4.53. The summed E-state index contributed by atoms with van der Waals surface area (Å²) in [6.45, 7) is 5.02. The molecule has 3 N–H and O–H groups in total. The first-order valence-corrected chi connectivity index (χ1v) is 9.27. The summed E-state index contributed by atoms with van der Waals surface area (Å²) >= 11 is 0. The van der Waals surface area contributed by atoms with Gasteiger partial charge in [0, 0.05) is 18.0 Å². The topological polar surface area (TPSA) is 72.6 Å². The van der Waals surface area contributed by atoms with E-state index in [0.29, 0.717) is 6.04 Å². The second kappa shape index (κ2) is 9.07. The van der Waals surface area contributed by atoms with Gasteiger partial charge >= 0.3 is 5.97 Å². The fourth-order valence-corrected chi connectivity index (χ4v) is 3.68. The first-order chi connectivity index (χ1) is 11.5. The summed E-state index contributed by atoms with van der Waals surface area (Å²) < 4.78 is 5.53. The lowest BCUT2D eigenvalue weighted by Gasteiger charge is -2.12. The minimum atomic E-state index is -0.700. The molecule has 0 bridgehead atoms. The SMILES string of the molecule is CCCCC[C@@H](C)N.O=C(O)C[C@@H]1CCc2ccc3c(c21)CCO3. The predicted octanol–water partition coefficient (Wildman–Crippen LogP) is 4.04. The minimum absolute atomic E-state index is 0.198. The van der Waals surface area contributed by atoms with Crippen LogP contribution in [0, 0.1) is 0 Å². The Morgan fingerprint density at radius 3 is 2.83 bits per heavy atom. The molecule has 1 heterocycles. The van der Waals surface area contributed by atoms with Crippen LogP contribution >= 0.6 is 0 Å². The lowest BCUT2D eigenvalue weighted by atomic mass is 9.92. The maximum atomic E-state index is 10.8. The number of carboxylic acid groups (broad SMARTS) is 1. The zero-order valence-corrected chi connectivity index (χ0v) is 15.0. The molecule has 2 atom stereocenters. The van der Waals surface area contributed by atoms with Gasteiger partial charge in [-0.05, 0) is 49.3 Å². The van der Waals surface area contributed by atoms with Crippen LogP contribution in [0.3, 0.4) is 0 Å². The number of hydrogen-bond acceptors (Lipinski definition) is 3. The molecule has 0 aromatic heterocycles. The van der Waals surface area contributed by atoms with Crippen molar-refractivity contribution in [2.24, 2.45) is 5.73 Å². The molecule has 1 aromatic carbocycles. The Morgan fingerprint density at radius 2 is 2.17 bits per heavy atom. The molecule has 0 spiro atoms. The van der Waals surface area contributed by atoms with Gasteiger partial charge in [-0.3, -0.25) is 4.79 Å². The van der Waals surface area contributed by atoms with E-state index in [0.717, 1.165) is 31.6 Å². The Balaban J connectivity index is 0.000000224. The lowest BCUT2D eigenvalue weighted by molar-refractivity contribution is -0.137. The summed E-state index contributed by atoms with van der Waals surface area (Å²) in [5, 5.41) is 8.92. The number of benzene rings is 1. The van der Waals surface area contributed by atoms with Crippen LogP contribution in [-0.4, -0.2) is 23.7 Å². The minimum Gasteiger partial charge on any atom is -0.493 e. The van der Waals surface area contributed by atoms with Crippen molar-refractivity contribution in [2.75, 3.05) is 6.61 Å². The number of aryl methyl sites for hydroxylation is 1. The molecule has 24 heavy (non-hydrogen) atoms. The highest BCUT2D eigenvalue weighted by Crippen LogP contribution is 2.43. The predicted molar refractivity (Wildman–Crippen MR) is 96.7 cm³/mol. The molecular weight excluding hydrogens is 302 g/mol. The van der Waals surface area contributed by atoms with Gasteiger partial charge in [0.25, 0.3) is 0 Å². The van der Waals surface area contributed by atoms with Gasteiger partial charge in [0.2, 0.25) is 0 Å². The third kappa shape index (κ3) is 4.97. The summed E-state index contributed by atoms with van der Waals surface area (Å²) in [7, 11) is 0. The normalized spacial score (nSPS) is 18.9. The van der Waals surface area contributed by atoms with Crippen molar-refractivity contribution in [3.63, 3.8) is 0 Å². The fourth-order valence-electron chi connectivity index (χ4n) is 3.68. The summed E-state index contributed by atoms with van der Waals surface area (Å²) in [5.41, 5.74) is 9.40. The first-order valence-electron chi connectivity index (χ1n) is 9.27. The molecule has 1 aliphatic carbocycles.